The minimum Gasteiger partial charge on any atom is -0.248 e. The molecule has 1 heterocycles. The van der Waals surface area contributed by atoms with E-state index in [1.807, 2.05) is 11.6 Å². The summed E-state index contributed by atoms with van der Waals surface area (Å²) in [7, 11) is 0. The Morgan fingerprint density at radius 3 is 2.56 bits per heavy atom. The van der Waals surface area contributed by atoms with Crippen molar-refractivity contribution in [2.45, 2.75) is 17.3 Å². The molecule has 0 saturated heterocycles. The second kappa shape index (κ2) is 2.54. The molecule has 0 radical (unpaired) electrons. The molecule has 0 bridgehead atoms. The highest BCUT2D eigenvalue weighted by Gasteiger charge is 2.17. The number of halogens is 1. The molecule has 1 nitrogen and oxygen atoms in total. The average Bonchev–Trinajstić information content (AvgIpc) is 2.08. The Kier molecular flexibility index (Phi) is 2.10. The van der Waals surface area contributed by atoms with Gasteiger partial charge in [-0.2, -0.15) is 0 Å². The van der Waals surface area contributed by atoms with E-state index in [0.717, 1.165) is 0 Å². The summed E-state index contributed by atoms with van der Waals surface area (Å²) in [5.74, 6) is 0. The van der Waals surface area contributed by atoms with Gasteiger partial charge in [0.05, 0.1) is 3.42 Å². The molecule has 0 atom stereocenters. The molecule has 3 heteroatoms. The summed E-state index contributed by atoms with van der Waals surface area (Å²) in [6.45, 7) is 4.32. The van der Waals surface area contributed by atoms with E-state index in [4.69, 9.17) is 0 Å². The molecule has 0 fully saturated rings. The standard InChI is InChI=1S/C6H8INS/c1-6(2,7)5-8-3-4-9-5/h3-4H,1-2H3. The van der Waals surface area contributed by atoms with Crippen molar-refractivity contribution in [3.05, 3.63) is 16.6 Å². The summed E-state index contributed by atoms with van der Waals surface area (Å²) < 4.78 is 0.200. The summed E-state index contributed by atoms with van der Waals surface area (Å²) in [5.41, 5.74) is 0. The fourth-order valence-corrected chi connectivity index (χ4v) is 1.69. The van der Waals surface area contributed by atoms with Crippen LogP contribution in [0.1, 0.15) is 18.9 Å². The van der Waals surface area contributed by atoms with Crippen LogP contribution in [0.2, 0.25) is 0 Å². The molecule has 0 amide bonds. The number of nitrogens with zero attached hydrogens (tertiary/aromatic N) is 1. The minimum atomic E-state index is 0.200. The maximum absolute atomic E-state index is 4.20. The maximum Gasteiger partial charge on any atom is 0.108 e. The van der Waals surface area contributed by atoms with Crippen molar-refractivity contribution in [3.63, 3.8) is 0 Å². The molecule has 0 aliphatic heterocycles. The predicted octanol–water partition coefficient (Wildman–Crippen LogP) is 2.81. The zero-order chi connectivity index (χ0) is 6.91. The third-order valence-corrected chi connectivity index (χ3v) is 2.91. The van der Waals surface area contributed by atoms with Crippen LogP contribution in [-0.2, 0) is 3.42 Å². The molecule has 9 heavy (non-hydrogen) atoms. The van der Waals surface area contributed by atoms with Gasteiger partial charge in [-0.25, -0.2) is 4.98 Å². The lowest BCUT2D eigenvalue weighted by atomic mass is 10.2. The van der Waals surface area contributed by atoms with Crippen LogP contribution in [0, 0.1) is 0 Å². The van der Waals surface area contributed by atoms with Crippen LogP contribution in [0.25, 0.3) is 0 Å². The van der Waals surface area contributed by atoms with Crippen molar-refractivity contribution in [3.8, 4) is 0 Å². The van der Waals surface area contributed by atoms with Crippen molar-refractivity contribution in [1.82, 2.24) is 4.98 Å². The number of rotatable bonds is 1. The summed E-state index contributed by atoms with van der Waals surface area (Å²) in [6.07, 6.45) is 1.85. The van der Waals surface area contributed by atoms with E-state index in [1.54, 1.807) is 11.3 Å². The number of thiazole rings is 1. The lowest BCUT2D eigenvalue weighted by Gasteiger charge is -2.10. The Bertz CT molecular complexity index is 175. The lowest BCUT2D eigenvalue weighted by molar-refractivity contribution is 0.814. The first-order valence-electron chi connectivity index (χ1n) is 2.69. The minimum absolute atomic E-state index is 0.200. The lowest BCUT2D eigenvalue weighted by Crippen LogP contribution is -2.04. The monoisotopic (exact) mass is 253 g/mol. The van der Waals surface area contributed by atoms with Gasteiger partial charge in [0.1, 0.15) is 5.01 Å². The van der Waals surface area contributed by atoms with Crippen molar-refractivity contribution < 1.29 is 0 Å². The summed E-state index contributed by atoms with van der Waals surface area (Å²) >= 11 is 4.10. The normalized spacial score (nSPS) is 11.9. The summed E-state index contributed by atoms with van der Waals surface area (Å²) in [4.78, 5) is 4.20. The topological polar surface area (TPSA) is 12.9 Å². The van der Waals surface area contributed by atoms with E-state index in [1.165, 1.54) is 5.01 Å². The molecular formula is C6H8INS. The first-order valence-corrected chi connectivity index (χ1v) is 4.65. The number of aromatic nitrogens is 1. The van der Waals surface area contributed by atoms with Gasteiger partial charge in [0.2, 0.25) is 0 Å². The van der Waals surface area contributed by atoms with E-state index in [0.29, 0.717) is 0 Å². The first-order chi connectivity index (χ1) is 4.11. The second-order valence-electron chi connectivity index (χ2n) is 2.31. The van der Waals surface area contributed by atoms with Crippen LogP contribution in [0.5, 0.6) is 0 Å². The smallest absolute Gasteiger partial charge is 0.108 e. The fraction of sp³-hybridized carbons (Fsp3) is 0.500. The zero-order valence-electron chi connectivity index (χ0n) is 5.39. The number of hydrogen-bond donors (Lipinski definition) is 0. The second-order valence-corrected chi connectivity index (χ2v) is 5.90. The first kappa shape index (κ1) is 7.47. The van der Waals surface area contributed by atoms with Crippen molar-refractivity contribution in [1.29, 1.82) is 0 Å². The largest absolute Gasteiger partial charge is 0.248 e. The van der Waals surface area contributed by atoms with Gasteiger partial charge >= 0.3 is 0 Å². The molecule has 0 N–H and O–H groups in total. The Morgan fingerprint density at radius 2 is 2.33 bits per heavy atom. The van der Waals surface area contributed by atoms with Gasteiger partial charge in [-0.05, 0) is 13.8 Å². The van der Waals surface area contributed by atoms with E-state index in [9.17, 15) is 0 Å². The third-order valence-electron chi connectivity index (χ3n) is 0.941. The molecular weight excluding hydrogens is 245 g/mol. The molecule has 0 unspecified atom stereocenters. The fourth-order valence-electron chi connectivity index (χ4n) is 0.517. The van der Waals surface area contributed by atoms with Crippen molar-refractivity contribution in [2.24, 2.45) is 0 Å². The van der Waals surface area contributed by atoms with Crippen LogP contribution < -0.4 is 0 Å². The Hall–Kier alpha value is 0.360. The number of alkyl halides is 1. The quantitative estimate of drug-likeness (QED) is 0.554. The zero-order valence-corrected chi connectivity index (χ0v) is 8.36. The molecule has 0 aliphatic rings. The highest BCUT2D eigenvalue weighted by Crippen LogP contribution is 2.31. The summed E-state index contributed by atoms with van der Waals surface area (Å²) in [6, 6.07) is 0. The van der Waals surface area contributed by atoms with Crippen LogP contribution in [0.4, 0.5) is 0 Å². The molecule has 1 rings (SSSR count). The van der Waals surface area contributed by atoms with Crippen LogP contribution in [0.3, 0.4) is 0 Å². The SMILES string of the molecule is CC(C)(I)c1nccs1. The van der Waals surface area contributed by atoms with E-state index in [2.05, 4.69) is 41.4 Å². The number of hydrogen-bond acceptors (Lipinski definition) is 2. The van der Waals surface area contributed by atoms with Gasteiger partial charge in [-0.3, -0.25) is 0 Å². The molecule has 0 spiro atoms. The van der Waals surface area contributed by atoms with Gasteiger partial charge in [0.25, 0.3) is 0 Å². The van der Waals surface area contributed by atoms with Crippen LogP contribution in [-0.4, -0.2) is 4.98 Å². The van der Waals surface area contributed by atoms with Crippen LogP contribution >= 0.6 is 33.9 Å². The van der Waals surface area contributed by atoms with Gasteiger partial charge in [0.15, 0.2) is 0 Å². The van der Waals surface area contributed by atoms with Gasteiger partial charge < -0.3 is 0 Å². The molecule has 1 aromatic rings. The van der Waals surface area contributed by atoms with E-state index < -0.39 is 0 Å². The molecule has 0 aliphatic carbocycles. The predicted molar refractivity (Wildman–Crippen MR) is 49.2 cm³/mol. The Balaban J connectivity index is 2.90. The van der Waals surface area contributed by atoms with Gasteiger partial charge in [-0.1, -0.05) is 22.6 Å². The summed E-state index contributed by atoms with van der Waals surface area (Å²) in [5, 5.41) is 3.21. The average molecular weight is 253 g/mol. The van der Waals surface area contributed by atoms with E-state index >= 15 is 0 Å². The molecule has 0 saturated carbocycles. The van der Waals surface area contributed by atoms with Crippen LogP contribution in [0.15, 0.2) is 11.6 Å². The Morgan fingerprint density at radius 1 is 1.67 bits per heavy atom. The third kappa shape index (κ3) is 1.89. The van der Waals surface area contributed by atoms with Crippen molar-refractivity contribution >= 4 is 33.9 Å². The molecule has 50 valence electrons. The van der Waals surface area contributed by atoms with E-state index in [-0.39, 0.29) is 3.42 Å². The molecule has 0 aromatic carbocycles. The highest BCUT2D eigenvalue weighted by atomic mass is 127. The van der Waals surface area contributed by atoms with Gasteiger partial charge in [0, 0.05) is 11.6 Å². The molecule has 1 aromatic heterocycles. The maximum atomic E-state index is 4.20. The van der Waals surface area contributed by atoms with Gasteiger partial charge in [-0.15, -0.1) is 11.3 Å². The highest BCUT2D eigenvalue weighted by molar-refractivity contribution is 14.1. The van der Waals surface area contributed by atoms with Crippen molar-refractivity contribution in [2.75, 3.05) is 0 Å². The Labute approximate surface area is 72.6 Å².